The summed E-state index contributed by atoms with van der Waals surface area (Å²) in [6.45, 7) is 3.76. The van der Waals surface area contributed by atoms with Gasteiger partial charge in [-0.3, -0.25) is 0 Å². The van der Waals surface area contributed by atoms with Gasteiger partial charge in [0.15, 0.2) is 5.15 Å². The van der Waals surface area contributed by atoms with Crippen molar-refractivity contribution in [2.45, 2.75) is 20.0 Å². The molecule has 0 aliphatic rings. The van der Waals surface area contributed by atoms with Crippen LogP contribution in [-0.2, 0) is 0 Å². The van der Waals surface area contributed by atoms with E-state index in [9.17, 15) is 0 Å². The molecule has 0 atom stereocenters. The van der Waals surface area contributed by atoms with Crippen molar-refractivity contribution in [2.24, 2.45) is 0 Å². The smallest absolute Gasteiger partial charge is 0.237 e. The molecule has 0 bridgehead atoms. The van der Waals surface area contributed by atoms with E-state index < -0.39 is 0 Å². The average molecular weight is 207 g/mol. The zero-order valence-corrected chi connectivity index (χ0v) is 8.23. The molecule has 0 amide bonds. The first kappa shape index (κ1) is 9.55. The Morgan fingerprint density at radius 2 is 2.00 bits per heavy atom. The first-order valence-corrected chi connectivity index (χ1v) is 4.19. The monoisotopic (exact) mass is 206 g/mol. The second-order valence-corrected chi connectivity index (χ2v) is 3.19. The summed E-state index contributed by atoms with van der Waals surface area (Å²) in [6.07, 6.45) is 1.33. The third kappa shape index (κ3) is 2.22. The van der Waals surface area contributed by atoms with Gasteiger partial charge in [-0.1, -0.05) is 23.2 Å². The number of rotatable bonds is 2. The highest BCUT2D eigenvalue weighted by molar-refractivity contribution is 6.41. The maximum absolute atomic E-state index is 5.76. The zero-order chi connectivity index (χ0) is 9.14. The Morgan fingerprint density at radius 1 is 1.33 bits per heavy atom. The van der Waals surface area contributed by atoms with Crippen molar-refractivity contribution in [1.82, 2.24) is 9.97 Å². The van der Waals surface area contributed by atoms with Gasteiger partial charge in [-0.15, -0.1) is 0 Å². The molecule has 12 heavy (non-hydrogen) atoms. The van der Waals surface area contributed by atoms with Crippen LogP contribution in [0.5, 0.6) is 5.88 Å². The van der Waals surface area contributed by atoms with Gasteiger partial charge < -0.3 is 4.74 Å². The molecule has 0 unspecified atom stereocenters. The van der Waals surface area contributed by atoms with Crippen molar-refractivity contribution in [3.8, 4) is 5.88 Å². The molecule has 1 aromatic rings. The summed E-state index contributed by atoms with van der Waals surface area (Å²) in [4.78, 5) is 7.52. The van der Waals surface area contributed by atoms with E-state index in [2.05, 4.69) is 9.97 Å². The average Bonchev–Trinajstić information content (AvgIpc) is 1.98. The Kier molecular flexibility index (Phi) is 3.12. The molecule has 0 saturated heterocycles. The number of hydrogen-bond acceptors (Lipinski definition) is 3. The van der Waals surface area contributed by atoms with E-state index in [1.807, 2.05) is 13.8 Å². The second-order valence-electron chi connectivity index (χ2n) is 2.45. The minimum absolute atomic E-state index is 0.0217. The number of hydrogen-bond donors (Lipinski definition) is 0. The van der Waals surface area contributed by atoms with E-state index in [4.69, 9.17) is 27.9 Å². The van der Waals surface area contributed by atoms with Gasteiger partial charge in [-0.05, 0) is 13.8 Å². The summed E-state index contributed by atoms with van der Waals surface area (Å²) in [5, 5.41) is 0.468. The van der Waals surface area contributed by atoms with Crippen LogP contribution in [0.1, 0.15) is 13.8 Å². The van der Waals surface area contributed by atoms with Crippen LogP contribution in [0, 0.1) is 0 Å². The second kappa shape index (κ2) is 3.92. The van der Waals surface area contributed by atoms with Gasteiger partial charge in [0, 0.05) is 0 Å². The van der Waals surface area contributed by atoms with Gasteiger partial charge in [0.05, 0.1) is 6.10 Å². The Labute approximate surface area is 80.7 Å². The Bertz CT molecular complexity index is 278. The highest BCUT2D eigenvalue weighted by atomic mass is 35.5. The van der Waals surface area contributed by atoms with Gasteiger partial charge >= 0.3 is 0 Å². The summed E-state index contributed by atoms with van der Waals surface area (Å²) in [6, 6.07) is 0. The van der Waals surface area contributed by atoms with E-state index in [0.29, 0.717) is 5.88 Å². The van der Waals surface area contributed by atoms with Crippen LogP contribution >= 0.6 is 23.2 Å². The fourth-order valence-corrected chi connectivity index (χ4v) is 0.906. The number of aromatic nitrogens is 2. The van der Waals surface area contributed by atoms with Crippen molar-refractivity contribution in [1.29, 1.82) is 0 Å². The minimum atomic E-state index is 0.0217. The van der Waals surface area contributed by atoms with E-state index in [-0.39, 0.29) is 16.3 Å². The zero-order valence-electron chi connectivity index (χ0n) is 6.71. The maximum Gasteiger partial charge on any atom is 0.237 e. The standard InChI is InChI=1S/C7H8Cl2N2O/c1-4(2)12-7-5(8)6(9)10-3-11-7/h3-4H,1-2H3. The molecule has 0 saturated carbocycles. The minimum Gasteiger partial charge on any atom is -0.474 e. The number of halogens is 2. The molecule has 5 heteroatoms. The van der Waals surface area contributed by atoms with Gasteiger partial charge in [0.25, 0.3) is 0 Å². The fraction of sp³-hybridized carbons (Fsp3) is 0.429. The molecule has 0 radical (unpaired) electrons. The normalized spacial score (nSPS) is 10.4. The van der Waals surface area contributed by atoms with Gasteiger partial charge in [0.1, 0.15) is 11.3 Å². The largest absolute Gasteiger partial charge is 0.474 e. The molecule has 1 aromatic heterocycles. The van der Waals surface area contributed by atoms with Crippen molar-refractivity contribution in [3.05, 3.63) is 16.5 Å². The van der Waals surface area contributed by atoms with E-state index in [1.165, 1.54) is 6.33 Å². The van der Waals surface area contributed by atoms with Crippen LogP contribution in [0.25, 0.3) is 0 Å². The SMILES string of the molecule is CC(C)Oc1ncnc(Cl)c1Cl. The van der Waals surface area contributed by atoms with E-state index in [0.717, 1.165) is 0 Å². The van der Waals surface area contributed by atoms with Gasteiger partial charge in [-0.25, -0.2) is 9.97 Å². The highest BCUT2D eigenvalue weighted by Crippen LogP contribution is 2.27. The fourth-order valence-electron chi connectivity index (χ4n) is 0.639. The van der Waals surface area contributed by atoms with E-state index in [1.54, 1.807) is 0 Å². The summed E-state index contributed by atoms with van der Waals surface area (Å²) in [7, 11) is 0. The third-order valence-electron chi connectivity index (χ3n) is 1.06. The van der Waals surface area contributed by atoms with Gasteiger partial charge in [0.2, 0.25) is 5.88 Å². The van der Waals surface area contributed by atoms with E-state index >= 15 is 0 Å². The van der Waals surface area contributed by atoms with Crippen LogP contribution in [0.15, 0.2) is 6.33 Å². The van der Waals surface area contributed by atoms with Crippen molar-refractivity contribution < 1.29 is 4.74 Å². The lowest BCUT2D eigenvalue weighted by molar-refractivity contribution is 0.232. The molecule has 0 N–H and O–H groups in total. The summed E-state index contributed by atoms with van der Waals surface area (Å²) < 4.78 is 5.26. The topological polar surface area (TPSA) is 35.0 Å². The van der Waals surface area contributed by atoms with Crippen LogP contribution in [-0.4, -0.2) is 16.1 Å². The lowest BCUT2D eigenvalue weighted by atomic mass is 10.5. The van der Waals surface area contributed by atoms with Crippen molar-refractivity contribution in [2.75, 3.05) is 0 Å². The van der Waals surface area contributed by atoms with Crippen LogP contribution in [0.2, 0.25) is 10.2 Å². The predicted molar refractivity (Wildman–Crippen MR) is 47.8 cm³/mol. The molecule has 0 aliphatic carbocycles. The quantitative estimate of drug-likeness (QED) is 0.699. The van der Waals surface area contributed by atoms with Gasteiger partial charge in [-0.2, -0.15) is 0 Å². The molecule has 3 nitrogen and oxygen atoms in total. The molecule has 66 valence electrons. The Hall–Kier alpha value is -0.540. The molecular weight excluding hydrogens is 199 g/mol. The van der Waals surface area contributed by atoms with Crippen LogP contribution < -0.4 is 4.74 Å². The summed E-state index contributed by atoms with van der Waals surface area (Å²) in [5.41, 5.74) is 0. The molecule has 0 aliphatic heterocycles. The first-order chi connectivity index (χ1) is 5.61. The summed E-state index contributed by atoms with van der Waals surface area (Å²) in [5.74, 6) is 0.326. The Balaban J connectivity index is 2.92. The van der Waals surface area contributed by atoms with Crippen molar-refractivity contribution >= 4 is 23.2 Å². The third-order valence-corrected chi connectivity index (χ3v) is 1.79. The first-order valence-electron chi connectivity index (χ1n) is 3.44. The number of nitrogens with zero attached hydrogens (tertiary/aromatic N) is 2. The molecule has 1 rings (SSSR count). The lowest BCUT2D eigenvalue weighted by Crippen LogP contribution is -2.07. The molecular formula is C7H8Cl2N2O. The molecule has 0 fully saturated rings. The van der Waals surface area contributed by atoms with Crippen LogP contribution in [0.3, 0.4) is 0 Å². The maximum atomic E-state index is 5.76. The molecule has 0 spiro atoms. The van der Waals surface area contributed by atoms with Crippen molar-refractivity contribution in [3.63, 3.8) is 0 Å². The lowest BCUT2D eigenvalue weighted by Gasteiger charge is -2.09. The molecule has 0 aromatic carbocycles. The summed E-state index contributed by atoms with van der Waals surface area (Å²) >= 11 is 11.4. The Morgan fingerprint density at radius 3 is 2.58 bits per heavy atom. The highest BCUT2D eigenvalue weighted by Gasteiger charge is 2.09. The molecule has 1 heterocycles. The predicted octanol–water partition coefficient (Wildman–Crippen LogP) is 2.57. The number of ether oxygens (including phenoxy) is 1. The van der Waals surface area contributed by atoms with Crippen LogP contribution in [0.4, 0.5) is 0 Å².